The van der Waals surface area contributed by atoms with E-state index in [-0.39, 0.29) is 11.8 Å². The number of pyridine rings is 1. The molecule has 4 rings (SSSR count). The van der Waals surface area contributed by atoms with Crippen LogP contribution in [-0.4, -0.2) is 53.9 Å². The second-order valence-corrected chi connectivity index (χ2v) is 8.16. The Kier molecular flexibility index (Phi) is 7.02. The highest BCUT2D eigenvalue weighted by molar-refractivity contribution is 6.31. The number of piperazine rings is 1. The Morgan fingerprint density at radius 1 is 0.938 bits per heavy atom. The van der Waals surface area contributed by atoms with Crippen molar-refractivity contribution >= 4 is 29.2 Å². The molecule has 6 nitrogen and oxygen atoms in total. The lowest BCUT2D eigenvalue weighted by molar-refractivity contribution is -0.133. The molecule has 0 aliphatic carbocycles. The average Bonchev–Trinajstić information content (AvgIpc) is 2.84. The smallest absolute Gasteiger partial charge is 0.251 e. The van der Waals surface area contributed by atoms with Crippen molar-refractivity contribution in [1.29, 1.82) is 0 Å². The Bertz CT molecular complexity index is 1050. The molecule has 0 radical (unpaired) electrons. The van der Waals surface area contributed by atoms with Crippen molar-refractivity contribution in [3.05, 3.63) is 95.1 Å². The van der Waals surface area contributed by atoms with E-state index in [0.29, 0.717) is 43.2 Å². The van der Waals surface area contributed by atoms with Gasteiger partial charge in [0.15, 0.2) is 0 Å². The third-order valence-electron chi connectivity index (χ3n) is 5.54. The lowest BCUT2D eigenvalue weighted by Crippen LogP contribution is -2.55. The number of hydrogen-bond acceptors (Lipinski definition) is 4. The zero-order chi connectivity index (χ0) is 22.3. The summed E-state index contributed by atoms with van der Waals surface area (Å²) in [5.41, 5.74) is 1.42. The van der Waals surface area contributed by atoms with Crippen LogP contribution in [0, 0.1) is 0 Å². The number of hydrogen-bond donors (Lipinski definition) is 1. The molecule has 1 aromatic heterocycles. The van der Waals surface area contributed by atoms with E-state index in [1.54, 1.807) is 30.5 Å². The summed E-state index contributed by atoms with van der Waals surface area (Å²) in [6, 6.07) is 21.6. The van der Waals surface area contributed by atoms with Gasteiger partial charge in [-0.2, -0.15) is 0 Å². The maximum atomic E-state index is 13.4. The van der Waals surface area contributed by atoms with Crippen LogP contribution in [0.15, 0.2) is 79.0 Å². The maximum Gasteiger partial charge on any atom is 0.251 e. The van der Waals surface area contributed by atoms with E-state index in [2.05, 4.69) is 15.2 Å². The van der Waals surface area contributed by atoms with Gasteiger partial charge in [-0.1, -0.05) is 54.1 Å². The molecule has 0 saturated carbocycles. The van der Waals surface area contributed by atoms with Crippen LogP contribution in [0.4, 0.5) is 5.82 Å². The summed E-state index contributed by atoms with van der Waals surface area (Å²) in [5, 5.41) is 3.42. The second-order valence-electron chi connectivity index (χ2n) is 7.73. The van der Waals surface area contributed by atoms with E-state index >= 15 is 0 Å². The third-order valence-corrected chi connectivity index (χ3v) is 5.77. The van der Waals surface area contributed by atoms with E-state index in [0.717, 1.165) is 11.4 Å². The van der Waals surface area contributed by atoms with Crippen LogP contribution in [0.1, 0.15) is 15.9 Å². The topological polar surface area (TPSA) is 65.5 Å². The molecule has 0 unspecified atom stereocenters. The van der Waals surface area contributed by atoms with E-state index in [1.807, 2.05) is 53.4 Å². The Labute approximate surface area is 192 Å². The Morgan fingerprint density at radius 3 is 2.38 bits per heavy atom. The molecular formula is C25H25ClN4O2. The summed E-state index contributed by atoms with van der Waals surface area (Å²) in [4.78, 5) is 34.7. The van der Waals surface area contributed by atoms with Crippen LogP contribution in [-0.2, 0) is 11.2 Å². The molecule has 32 heavy (non-hydrogen) atoms. The summed E-state index contributed by atoms with van der Waals surface area (Å²) < 4.78 is 0. The standard InChI is InChI=1S/C25H25ClN4O2/c26-21-10-6-9-20(18-21)24(31)28-22(17-19-7-2-1-3-8-19)25(32)30-15-13-29(14-16-30)23-11-4-5-12-27-23/h1-12,18,22H,13-17H2,(H,28,31)/t22-/m0/s1. The highest BCUT2D eigenvalue weighted by Gasteiger charge is 2.29. The second kappa shape index (κ2) is 10.3. The number of carbonyl (C=O) groups is 2. The van der Waals surface area contributed by atoms with Gasteiger partial charge >= 0.3 is 0 Å². The fourth-order valence-corrected chi connectivity index (χ4v) is 4.03. The number of halogens is 1. The number of nitrogens with zero attached hydrogens (tertiary/aromatic N) is 3. The average molecular weight is 449 g/mol. The number of benzene rings is 2. The van der Waals surface area contributed by atoms with Crippen LogP contribution < -0.4 is 10.2 Å². The van der Waals surface area contributed by atoms with Gasteiger partial charge in [0, 0.05) is 49.4 Å². The summed E-state index contributed by atoms with van der Waals surface area (Å²) in [7, 11) is 0. The van der Waals surface area contributed by atoms with Crippen LogP contribution >= 0.6 is 11.6 Å². The van der Waals surface area contributed by atoms with Gasteiger partial charge in [0.1, 0.15) is 11.9 Å². The summed E-state index contributed by atoms with van der Waals surface area (Å²) in [6.07, 6.45) is 2.19. The van der Waals surface area contributed by atoms with Crippen molar-refractivity contribution in [2.75, 3.05) is 31.1 Å². The molecule has 1 aliphatic rings. The third kappa shape index (κ3) is 5.45. The van der Waals surface area contributed by atoms with E-state index in [1.165, 1.54) is 0 Å². The first-order valence-electron chi connectivity index (χ1n) is 10.7. The molecule has 1 atom stereocenters. The van der Waals surface area contributed by atoms with Crippen molar-refractivity contribution in [1.82, 2.24) is 15.2 Å². The van der Waals surface area contributed by atoms with Crippen LogP contribution in [0.5, 0.6) is 0 Å². The fourth-order valence-electron chi connectivity index (χ4n) is 3.84. The fraction of sp³-hybridized carbons (Fsp3) is 0.240. The molecule has 0 spiro atoms. The highest BCUT2D eigenvalue weighted by Crippen LogP contribution is 2.15. The molecular weight excluding hydrogens is 424 g/mol. The van der Waals surface area contributed by atoms with Gasteiger partial charge in [-0.3, -0.25) is 9.59 Å². The molecule has 1 aliphatic heterocycles. The van der Waals surface area contributed by atoms with Crippen LogP contribution in [0.2, 0.25) is 5.02 Å². The number of nitrogens with one attached hydrogen (secondary N) is 1. The Morgan fingerprint density at radius 2 is 1.69 bits per heavy atom. The number of rotatable bonds is 6. The van der Waals surface area contributed by atoms with Gasteiger partial charge in [0.25, 0.3) is 5.91 Å². The zero-order valence-corrected chi connectivity index (χ0v) is 18.4. The predicted octanol–water partition coefficient (Wildman–Crippen LogP) is 3.42. The van der Waals surface area contributed by atoms with Gasteiger partial charge in [-0.25, -0.2) is 4.98 Å². The molecule has 2 amide bonds. The maximum absolute atomic E-state index is 13.4. The molecule has 3 aromatic rings. The zero-order valence-electron chi connectivity index (χ0n) is 17.7. The number of amides is 2. The van der Waals surface area contributed by atoms with Gasteiger partial charge in [0.2, 0.25) is 5.91 Å². The van der Waals surface area contributed by atoms with Crippen molar-refractivity contribution in [3.8, 4) is 0 Å². The summed E-state index contributed by atoms with van der Waals surface area (Å²) in [6.45, 7) is 2.55. The van der Waals surface area contributed by atoms with Gasteiger partial charge in [-0.15, -0.1) is 0 Å². The Hall–Kier alpha value is -3.38. The lowest BCUT2D eigenvalue weighted by Gasteiger charge is -2.37. The molecule has 1 fully saturated rings. The predicted molar refractivity (Wildman–Crippen MR) is 126 cm³/mol. The Balaban J connectivity index is 1.46. The highest BCUT2D eigenvalue weighted by atomic mass is 35.5. The first-order valence-corrected chi connectivity index (χ1v) is 11.0. The van der Waals surface area contributed by atoms with Crippen molar-refractivity contribution in [2.24, 2.45) is 0 Å². The minimum Gasteiger partial charge on any atom is -0.353 e. The van der Waals surface area contributed by atoms with Crippen LogP contribution in [0.25, 0.3) is 0 Å². The molecule has 2 heterocycles. The van der Waals surface area contributed by atoms with Crippen LogP contribution in [0.3, 0.4) is 0 Å². The normalized spacial score (nSPS) is 14.7. The largest absolute Gasteiger partial charge is 0.353 e. The van der Waals surface area contributed by atoms with Gasteiger partial charge < -0.3 is 15.1 Å². The molecule has 164 valence electrons. The molecule has 2 aromatic carbocycles. The molecule has 0 bridgehead atoms. The van der Waals surface area contributed by atoms with E-state index in [9.17, 15) is 9.59 Å². The molecule has 1 saturated heterocycles. The van der Waals surface area contributed by atoms with Crippen molar-refractivity contribution < 1.29 is 9.59 Å². The van der Waals surface area contributed by atoms with Crippen molar-refractivity contribution in [2.45, 2.75) is 12.5 Å². The SMILES string of the molecule is O=C(N[C@@H](Cc1ccccc1)C(=O)N1CCN(c2ccccn2)CC1)c1cccc(Cl)c1. The monoisotopic (exact) mass is 448 g/mol. The first kappa shape index (κ1) is 21.8. The molecule has 7 heteroatoms. The quantitative estimate of drug-likeness (QED) is 0.627. The minimum absolute atomic E-state index is 0.0788. The van der Waals surface area contributed by atoms with E-state index < -0.39 is 6.04 Å². The first-order chi connectivity index (χ1) is 15.6. The number of carbonyl (C=O) groups excluding carboxylic acids is 2. The molecule has 1 N–H and O–H groups in total. The van der Waals surface area contributed by atoms with Gasteiger partial charge in [0.05, 0.1) is 0 Å². The lowest BCUT2D eigenvalue weighted by atomic mass is 10.0. The minimum atomic E-state index is -0.662. The van der Waals surface area contributed by atoms with Crippen molar-refractivity contribution in [3.63, 3.8) is 0 Å². The number of aromatic nitrogens is 1. The van der Waals surface area contributed by atoms with Gasteiger partial charge in [-0.05, 0) is 35.9 Å². The van der Waals surface area contributed by atoms with E-state index in [4.69, 9.17) is 11.6 Å². The summed E-state index contributed by atoms with van der Waals surface area (Å²) >= 11 is 6.04. The number of anilines is 1. The summed E-state index contributed by atoms with van der Waals surface area (Å²) in [5.74, 6) is 0.522.